The lowest BCUT2D eigenvalue weighted by Crippen LogP contribution is -2.44. The van der Waals surface area contributed by atoms with E-state index in [0.717, 1.165) is 31.2 Å². The average molecular weight is 352 g/mol. The third-order valence-corrected chi connectivity index (χ3v) is 4.65. The minimum absolute atomic E-state index is 0.145. The Kier molecular flexibility index (Phi) is 4.51. The molecular formula is C19H20N4O3. The van der Waals surface area contributed by atoms with Crippen molar-refractivity contribution in [1.29, 1.82) is 0 Å². The van der Waals surface area contributed by atoms with E-state index in [1.54, 1.807) is 6.07 Å². The van der Waals surface area contributed by atoms with Crippen molar-refractivity contribution in [2.24, 2.45) is 5.92 Å². The number of nitrogens with one attached hydrogen (secondary N) is 1. The van der Waals surface area contributed by atoms with Gasteiger partial charge in [0.05, 0.1) is 0 Å². The molecule has 4 rings (SSSR count). The van der Waals surface area contributed by atoms with E-state index in [-0.39, 0.29) is 17.7 Å². The van der Waals surface area contributed by atoms with Crippen molar-refractivity contribution in [3.05, 3.63) is 53.9 Å². The normalized spacial score (nSPS) is 19.1. The first kappa shape index (κ1) is 16.5. The smallest absolute Gasteiger partial charge is 0.290 e. The Morgan fingerprint density at radius 2 is 1.96 bits per heavy atom. The molecule has 1 N–H and O–H groups in total. The standard InChI is InChI=1S/C19H20N4O3/c1-2-17-21-22-18(25-17)10-12-8-14(9-12)20-19(24)16-11-15(23-26-16)13-6-4-3-5-7-13/h3-7,11-12,14H,2,8-10H2,1H3,(H,20,24). The van der Waals surface area contributed by atoms with Crippen LogP contribution >= 0.6 is 0 Å². The van der Waals surface area contributed by atoms with Crippen LogP contribution in [0.2, 0.25) is 0 Å². The van der Waals surface area contributed by atoms with Gasteiger partial charge in [0, 0.05) is 30.5 Å². The van der Waals surface area contributed by atoms with E-state index in [9.17, 15) is 4.79 Å². The number of carbonyl (C=O) groups excluding carboxylic acids is 1. The molecule has 7 heteroatoms. The third kappa shape index (κ3) is 3.51. The molecule has 1 amide bonds. The molecule has 26 heavy (non-hydrogen) atoms. The van der Waals surface area contributed by atoms with Crippen molar-refractivity contribution in [1.82, 2.24) is 20.7 Å². The van der Waals surface area contributed by atoms with Gasteiger partial charge in [-0.15, -0.1) is 10.2 Å². The summed E-state index contributed by atoms with van der Waals surface area (Å²) in [5.74, 6) is 1.81. The summed E-state index contributed by atoms with van der Waals surface area (Å²) in [6.07, 6.45) is 3.31. The van der Waals surface area contributed by atoms with Crippen LogP contribution in [-0.4, -0.2) is 27.3 Å². The van der Waals surface area contributed by atoms with Crippen molar-refractivity contribution in [2.75, 3.05) is 0 Å². The highest BCUT2D eigenvalue weighted by Gasteiger charge is 2.32. The van der Waals surface area contributed by atoms with E-state index in [2.05, 4.69) is 20.7 Å². The van der Waals surface area contributed by atoms with Crippen molar-refractivity contribution in [3.63, 3.8) is 0 Å². The second-order valence-electron chi connectivity index (χ2n) is 6.60. The topological polar surface area (TPSA) is 94.1 Å². The maximum Gasteiger partial charge on any atom is 0.290 e. The van der Waals surface area contributed by atoms with E-state index in [0.29, 0.717) is 23.4 Å². The predicted octanol–water partition coefficient (Wildman–Crippen LogP) is 3.04. The zero-order valence-electron chi connectivity index (χ0n) is 14.5. The van der Waals surface area contributed by atoms with E-state index in [4.69, 9.17) is 8.94 Å². The molecule has 0 bridgehead atoms. The van der Waals surface area contributed by atoms with E-state index in [1.807, 2.05) is 37.3 Å². The lowest BCUT2D eigenvalue weighted by molar-refractivity contribution is 0.0850. The van der Waals surface area contributed by atoms with Gasteiger partial charge in [0.1, 0.15) is 5.69 Å². The van der Waals surface area contributed by atoms with E-state index < -0.39 is 0 Å². The summed E-state index contributed by atoms with van der Waals surface area (Å²) in [6, 6.07) is 11.4. The molecule has 2 aromatic heterocycles. The average Bonchev–Trinajstić information content (AvgIpc) is 3.30. The molecule has 3 aromatic rings. The maximum atomic E-state index is 12.3. The van der Waals surface area contributed by atoms with Gasteiger partial charge in [0.2, 0.25) is 17.5 Å². The molecule has 0 atom stereocenters. The third-order valence-electron chi connectivity index (χ3n) is 4.65. The fourth-order valence-electron chi connectivity index (χ4n) is 3.16. The van der Waals surface area contributed by atoms with Crippen LogP contribution in [0.3, 0.4) is 0 Å². The van der Waals surface area contributed by atoms with Crippen molar-refractivity contribution >= 4 is 5.91 Å². The van der Waals surface area contributed by atoms with Gasteiger partial charge in [-0.05, 0) is 18.8 Å². The summed E-state index contributed by atoms with van der Waals surface area (Å²) in [5, 5.41) is 15.0. The molecular weight excluding hydrogens is 332 g/mol. The molecule has 1 aliphatic rings. The SMILES string of the molecule is CCc1nnc(CC2CC(NC(=O)c3cc(-c4ccccc4)no3)C2)o1. The minimum Gasteiger partial charge on any atom is -0.425 e. The van der Waals surface area contributed by atoms with Crippen LogP contribution in [0.15, 0.2) is 45.3 Å². The molecule has 134 valence electrons. The van der Waals surface area contributed by atoms with E-state index >= 15 is 0 Å². The lowest BCUT2D eigenvalue weighted by atomic mass is 9.78. The zero-order valence-corrected chi connectivity index (χ0v) is 14.5. The van der Waals surface area contributed by atoms with Gasteiger partial charge >= 0.3 is 0 Å². The van der Waals surface area contributed by atoms with Crippen molar-refractivity contribution in [3.8, 4) is 11.3 Å². The van der Waals surface area contributed by atoms with Crippen LogP contribution in [0.5, 0.6) is 0 Å². The highest BCUT2D eigenvalue weighted by molar-refractivity contribution is 5.92. The number of benzene rings is 1. The van der Waals surface area contributed by atoms with E-state index in [1.165, 1.54) is 0 Å². The number of carbonyl (C=O) groups is 1. The molecule has 0 unspecified atom stereocenters. The van der Waals surface area contributed by atoms with Crippen LogP contribution in [-0.2, 0) is 12.8 Å². The second kappa shape index (κ2) is 7.11. The molecule has 0 saturated heterocycles. The van der Waals surface area contributed by atoms with Gasteiger partial charge in [-0.25, -0.2) is 0 Å². The highest BCUT2D eigenvalue weighted by atomic mass is 16.5. The number of amides is 1. The Hall–Kier alpha value is -2.96. The molecule has 1 aromatic carbocycles. The summed E-state index contributed by atoms with van der Waals surface area (Å²) in [6.45, 7) is 1.99. The Balaban J connectivity index is 1.28. The van der Waals surface area contributed by atoms with Crippen LogP contribution in [0.1, 0.15) is 42.1 Å². The molecule has 0 radical (unpaired) electrons. The number of nitrogens with zero attached hydrogens (tertiary/aromatic N) is 3. The molecule has 0 spiro atoms. The molecule has 2 heterocycles. The number of aryl methyl sites for hydroxylation is 1. The van der Waals surface area contributed by atoms with Gasteiger partial charge in [0.15, 0.2) is 0 Å². The first-order valence-corrected chi connectivity index (χ1v) is 8.85. The van der Waals surface area contributed by atoms with Gasteiger partial charge in [0.25, 0.3) is 5.91 Å². The zero-order chi connectivity index (χ0) is 17.9. The number of aromatic nitrogens is 3. The number of rotatable bonds is 6. The Morgan fingerprint density at radius 1 is 1.19 bits per heavy atom. The summed E-state index contributed by atoms with van der Waals surface area (Å²) in [4.78, 5) is 12.3. The fourth-order valence-corrected chi connectivity index (χ4v) is 3.16. The van der Waals surface area contributed by atoms with Gasteiger partial charge in [-0.2, -0.15) is 0 Å². The fraction of sp³-hybridized carbons (Fsp3) is 0.368. The molecule has 7 nitrogen and oxygen atoms in total. The molecule has 1 fully saturated rings. The quantitative estimate of drug-likeness (QED) is 0.733. The molecule has 1 saturated carbocycles. The van der Waals surface area contributed by atoms with Crippen LogP contribution < -0.4 is 5.32 Å². The molecule has 1 aliphatic carbocycles. The summed E-state index contributed by atoms with van der Waals surface area (Å²) in [7, 11) is 0. The van der Waals surface area contributed by atoms with Crippen molar-refractivity contribution in [2.45, 2.75) is 38.6 Å². The van der Waals surface area contributed by atoms with Crippen molar-refractivity contribution < 1.29 is 13.7 Å². The van der Waals surface area contributed by atoms with Crippen LogP contribution in [0.25, 0.3) is 11.3 Å². The first-order valence-electron chi connectivity index (χ1n) is 8.85. The summed E-state index contributed by atoms with van der Waals surface area (Å²) >= 11 is 0. The van der Waals surface area contributed by atoms with Gasteiger partial charge in [-0.1, -0.05) is 42.4 Å². The highest BCUT2D eigenvalue weighted by Crippen LogP contribution is 2.30. The lowest BCUT2D eigenvalue weighted by Gasteiger charge is -2.34. The maximum absolute atomic E-state index is 12.3. The molecule has 0 aliphatic heterocycles. The van der Waals surface area contributed by atoms with Gasteiger partial charge < -0.3 is 14.3 Å². The summed E-state index contributed by atoms with van der Waals surface area (Å²) < 4.78 is 10.7. The second-order valence-corrected chi connectivity index (χ2v) is 6.60. The first-order chi connectivity index (χ1) is 12.7. The monoisotopic (exact) mass is 352 g/mol. The summed E-state index contributed by atoms with van der Waals surface area (Å²) in [5.41, 5.74) is 1.58. The van der Waals surface area contributed by atoms with Crippen LogP contribution in [0.4, 0.5) is 0 Å². The Labute approximate surface area is 150 Å². The van der Waals surface area contributed by atoms with Crippen LogP contribution in [0, 0.1) is 5.92 Å². The predicted molar refractivity (Wildman–Crippen MR) is 93.3 cm³/mol. The number of hydrogen-bond acceptors (Lipinski definition) is 6. The number of hydrogen-bond donors (Lipinski definition) is 1. The largest absolute Gasteiger partial charge is 0.425 e. The Morgan fingerprint density at radius 3 is 2.69 bits per heavy atom. The Bertz CT molecular complexity index is 881. The van der Waals surface area contributed by atoms with Gasteiger partial charge in [-0.3, -0.25) is 4.79 Å². The minimum atomic E-state index is -0.228.